The highest BCUT2D eigenvalue weighted by Gasteiger charge is 2.81. The van der Waals surface area contributed by atoms with Crippen molar-refractivity contribution in [2.45, 2.75) is 83.5 Å². The van der Waals surface area contributed by atoms with Crippen LogP contribution >= 0.6 is 0 Å². The molecule has 2 bridgehead atoms. The number of Topliss-reactive ketones (excluding diaryl/α,β-unsaturated/α-hetero) is 1. The van der Waals surface area contributed by atoms with E-state index in [4.69, 9.17) is 18.9 Å². The first-order chi connectivity index (χ1) is 17.5. The number of ether oxygens (including phenoxy) is 4. The Labute approximate surface area is 217 Å². The zero-order chi connectivity index (χ0) is 26.1. The first-order valence-corrected chi connectivity index (χ1v) is 13.6. The van der Waals surface area contributed by atoms with E-state index in [1.54, 1.807) is 14.2 Å². The fourth-order valence-electron chi connectivity index (χ4n) is 8.80. The van der Waals surface area contributed by atoms with E-state index < -0.39 is 23.0 Å². The predicted molar refractivity (Wildman–Crippen MR) is 136 cm³/mol. The number of esters is 1. The molecule has 6 atom stereocenters. The van der Waals surface area contributed by atoms with Crippen molar-refractivity contribution in [1.82, 2.24) is 4.98 Å². The maximum atomic E-state index is 13.7. The van der Waals surface area contributed by atoms with E-state index in [0.717, 1.165) is 59.7 Å². The SMILES string of the molecule is COc1nc(C)cc2cc3c(c(OC)c12)[C@]12O[C@@]1(CC3)CC[C@@H]2OC(=O)C1C(=O)C2(C)CCC1C2(C)C. The summed E-state index contributed by atoms with van der Waals surface area (Å²) in [5.41, 5.74) is 1.20. The molecule has 0 amide bonds. The van der Waals surface area contributed by atoms with Gasteiger partial charge in [-0.1, -0.05) is 26.8 Å². The molecule has 2 heterocycles. The van der Waals surface area contributed by atoms with Gasteiger partial charge in [-0.3, -0.25) is 9.59 Å². The third kappa shape index (κ3) is 2.55. The highest BCUT2D eigenvalue weighted by Crippen LogP contribution is 2.73. The molecule has 0 radical (unpaired) electrons. The number of nitrogens with zero attached hydrogens (tertiary/aromatic N) is 1. The summed E-state index contributed by atoms with van der Waals surface area (Å²) in [7, 11) is 3.28. The van der Waals surface area contributed by atoms with Crippen LogP contribution in [0.5, 0.6) is 11.6 Å². The van der Waals surface area contributed by atoms with E-state index >= 15 is 0 Å². The summed E-state index contributed by atoms with van der Waals surface area (Å²) < 4.78 is 24.7. The molecule has 1 aromatic heterocycles. The Bertz CT molecular complexity index is 1400. The number of carbonyl (C=O) groups is 2. The average molecular weight is 506 g/mol. The van der Waals surface area contributed by atoms with E-state index in [-0.39, 0.29) is 28.7 Å². The molecule has 1 aromatic carbocycles. The molecule has 3 unspecified atom stereocenters. The van der Waals surface area contributed by atoms with Crippen LogP contribution in [0.2, 0.25) is 0 Å². The number of carbonyl (C=O) groups excluding carboxylic acids is 2. The Morgan fingerprint density at radius 1 is 1.08 bits per heavy atom. The molecule has 196 valence electrons. The smallest absolute Gasteiger partial charge is 0.317 e. The summed E-state index contributed by atoms with van der Waals surface area (Å²) in [6, 6.07) is 4.23. The molecule has 0 spiro atoms. The van der Waals surface area contributed by atoms with Gasteiger partial charge in [-0.15, -0.1) is 0 Å². The zero-order valence-corrected chi connectivity index (χ0v) is 22.5. The molecule has 3 saturated carbocycles. The minimum atomic E-state index is -0.758. The second-order valence-electron chi connectivity index (χ2n) is 12.7. The van der Waals surface area contributed by atoms with Crippen molar-refractivity contribution in [3.05, 3.63) is 29.0 Å². The van der Waals surface area contributed by atoms with Crippen LogP contribution in [0.1, 0.15) is 69.7 Å². The molecule has 0 N–H and O–H groups in total. The summed E-state index contributed by atoms with van der Waals surface area (Å²) in [5.74, 6) is 0.211. The zero-order valence-electron chi connectivity index (χ0n) is 22.5. The summed E-state index contributed by atoms with van der Waals surface area (Å²) in [6.45, 7) is 8.25. The van der Waals surface area contributed by atoms with Crippen molar-refractivity contribution in [2.75, 3.05) is 14.2 Å². The van der Waals surface area contributed by atoms with Crippen molar-refractivity contribution in [3.8, 4) is 11.6 Å². The van der Waals surface area contributed by atoms with E-state index in [1.165, 1.54) is 0 Å². The molecule has 4 fully saturated rings. The van der Waals surface area contributed by atoms with Crippen LogP contribution in [0.3, 0.4) is 0 Å². The third-order valence-corrected chi connectivity index (χ3v) is 11.1. The summed E-state index contributed by atoms with van der Waals surface area (Å²) in [6.07, 6.45) is 4.54. The van der Waals surface area contributed by atoms with Gasteiger partial charge in [0.25, 0.3) is 0 Å². The summed E-state index contributed by atoms with van der Waals surface area (Å²) >= 11 is 0. The number of hydrogen-bond donors (Lipinski definition) is 0. The van der Waals surface area contributed by atoms with Crippen LogP contribution in [0.25, 0.3) is 10.8 Å². The molecule has 7 heteroatoms. The number of methoxy groups -OCH3 is 2. The Hall–Kier alpha value is -2.67. The van der Waals surface area contributed by atoms with Crippen LogP contribution in [0, 0.1) is 29.6 Å². The molecular formula is C30H35NO6. The number of epoxide rings is 1. The lowest BCUT2D eigenvalue weighted by Crippen LogP contribution is -2.41. The second-order valence-corrected chi connectivity index (χ2v) is 12.7. The van der Waals surface area contributed by atoms with Crippen LogP contribution in [-0.4, -0.2) is 42.7 Å². The lowest BCUT2D eigenvalue weighted by atomic mass is 9.70. The van der Waals surface area contributed by atoms with Crippen molar-refractivity contribution < 1.29 is 28.5 Å². The molecule has 1 saturated heterocycles. The van der Waals surface area contributed by atoms with Crippen LogP contribution < -0.4 is 9.47 Å². The molecular weight excluding hydrogens is 470 g/mol. The number of pyridine rings is 1. The van der Waals surface area contributed by atoms with Crippen molar-refractivity contribution in [2.24, 2.45) is 22.7 Å². The largest absolute Gasteiger partial charge is 0.495 e. The monoisotopic (exact) mass is 505 g/mol. The van der Waals surface area contributed by atoms with Gasteiger partial charge < -0.3 is 18.9 Å². The first-order valence-electron chi connectivity index (χ1n) is 13.6. The van der Waals surface area contributed by atoms with Crippen molar-refractivity contribution in [3.63, 3.8) is 0 Å². The van der Waals surface area contributed by atoms with Gasteiger partial charge in [-0.2, -0.15) is 0 Å². The van der Waals surface area contributed by atoms with Gasteiger partial charge in [0.15, 0.2) is 11.4 Å². The van der Waals surface area contributed by atoms with E-state index in [2.05, 4.69) is 24.9 Å². The number of hydrogen-bond acceptors (Lipinski definition) is 7. The summed E-state index contributed by atoms with van der Waals surface area (Å²) in [5, 5.41) is 1.82. The number of aryl methyl sites for hydroxylation is 2. The molecule has 7 rings (SSSR count). The standard InChI is InChI=1S/C30H35NO6/c1-15-13-17-14-16-7-11-29-12-9-19(30(29,37-29)22(16)23(34-5)20(17)25(31-15)35-6)36-26(33)21-18-8-10-28(4,24(21)32)27(18,2)3/h13-14,18-19,21H,7-12H2,1-6H3/t18?,19-,21?,28?,29-,30-/m0/s1. The maximum Gasteiger partial charge on any atom is 0.317 e. The minimum Gasteiger partial charge on any atom is -0.495 e. The van der Waals surface area contributed by atoms with Gasteiger partial charge >= 0.3 is 5.97 Å². The maximum absolute atomic E-state index is 13.7. The minimum absolute atomic E-state index is 0.0250. The number of ketones is 1. The van der Waals surface area contributed by atoms with Gasteiger partial charge in [-0.05, 0) is 73.8 Å². The molecule has 5 aliphatic rings. The quantitative estimate of drug-likeness (QED) is 0.335. The highest BCUT2D eigenvalue weighted by atomic mass is 16.7. The molecule has 4 aliphatic carbocycles. The fourth-order valence-corrected chi connectivity index (χ4v) is 8.80. The Balaban J connectivity index is 1.31. The first kappa shape index (κ1) is 23.4. The number of fused-ring (bicyclic) bond motifs is 4. The van der Waals surface area contributed by atoms with Crippen LogP contribution in [0.4, 0.5) is 0 Å². The normalized spacial score (nSPS) is 38.2. The summed E-state index contributed by atoms with van der Waals surface area (Å²) in [4.78, 5) is 31.8. The average Bonchev–Trinajstić information content (AvgIpc) is 3.32. The van der Waals surface area contributed by atoms with Gasteiger partial charge in [0.2, 0.25) is 5.88 Å². The van der Waals surface area contributed by atoms with Gasteiger partial charge in [0.1, 0.15) is 23.4 Å². The van der Waals surface area contributed by atoms with Crippen LogP contribution in [-0.2, 0) is 31.1 Å². The third-order valence-electron chi connectivity index (χ3n) is 11.1. The number of aromatic nitrogens is 1. The fraction of sp³-hybridized carbons (Fsp3) is 0.633. The Morgan fingerprint density at radius 3 is 2.54 bits per heavy atom. The van der Waals surface area contributed by atoms with Crippen LogP contribution in [0.15, 0.2) is 12.1 Å². The lowest BCUT2D eigenvalue weighted by Gasteiger charge is -2.32. The number of rotatable bonds is 4. The Morgan fingerprint density at radius 2 is 1.86 bits per heavy atom. The Kier molecular flexibility index (Phi) is 4.46. The molecule has 2 aromatic rings. The molecule has 37 heavy (non-hydrogen) atoms. The topological polar surface area (TPSA) is 87.2 Å². The van der Waals surface area contributed by atoms with Crippen molar-refractivity contribution >= 4 is 22.5 Å². The highest BCUT2D eigenvalue weighted by molar-refractivity contribution is 6.05. The second kappa shape index (κ2) is 7.04. The van der Waals surface area contributed by atoms with Gasteiger partial charge in [0, 0.05) is 16.7 Å². The molecule has 7 nitrogen and oxygen atoms in total. The number of benzene rings is 1. The van der Waals surface area contributed by atoms with Gasteiger partial charge in [0.05, 0.1) is 19.6 Å². The van der Waals surface area contributed by atoms with E-state index in [1.807, 2.05) is 19.9 Å². The van der Waals surface area contributed by atoms with E-state index in [0.29, 0.717) is 18.1 Å². The van der Waals surface area contributed by atoms with Crippen molar-refractivity contribution in [1.29, 1.82) is 0 Å². The predicted octanol–water partition coefficient (Wildman–Crippen LogP) is 4.82. The lowest BCUT2D eigenvalue weighted by molar-refractivity contribution is -0.163. The van der Waals surface area contributed by atoms with E-state index in [9.17, 15) is 9.59 Å². The van der Waals surface area contributed by atoms with Gasteiger partial charge in [-0.25, -0.2) is 4.98 Å². The molecule has 1 aliphatic heterocycles.